The fourth-order valence-corrected chi connectivity index (χ4v) is 4.50. The molecule has 0 fully saturated rings. The zero-order chi connectivity index (χ0) is 29.2. The summed E-state index contributed by atoms with van der Waals surface area (Å²) in [6, 6.07) is 21.7. The second-order valence-corrected chi connectivity index (χ2v) is 9.45. The van der Waals surface area contributed by atoms with Gasteiger partial charge in [0, 0.05) is 24.8 Å². The van der Waals surface area contributed by atoms with E-state index >= 15 is 0 Å². The molecule has 0 atom stereocenters. The van der Waals surface area contributed by atoms with Crippen molar-refractivity contribution in [3.63, 3.8) is 0 Å². The third-order valence-corrected chi connectivity index (χ3v) is 6.60. The molecule has 0 saturated carbocycles. The number of carbonyl (C=O) groups excluding carboxylic acids is 2. The van der Waals surface area contributed by atoms with Crippen molar-refractivity contribution in [1.29, 1.82) is 5.26 Å². The second-order valence-electron chi connectivity index (χ2n) is 8.50. The molecule has 12 heteroatoms. The summed E-state index contributed by atoms with van der Waals surface area (Å²) in [6.45, 7) is -0.236. The van der Waals surface area contributed by atoms with Crippen molar-refractivity contribution in [1.82, 2.24) is 15.6 Å². The summed E-state index contributed by atoms with van der Waals surface area (Å²) in [5.74, 6) is -0.312. The Morgan fingerprint density at radius 1 is 1.02 bits per heavy atom. The Morgan fingerprint density at radius 3 is 2.59 bits per heavy atom. The fraction of sp³-hybridized carbons (Fsp3) is 0.138. The first kappa shape index (κ1) is 28.8. The fourth-order valence-electron chi connectivity index (χ4n) is 3.89. The van der Waals surface area contributed by atoms with Gasteiger partial charge in [-0.1, -0.05) is 36.4 Å². The van der Waals surface area contributed by atoms with Crippen molar-refractivity contribution >= 4 is 35.1 Å². The lowest BCUT2D eigenvalue weighted by Gasteiger charge is -2.16. The maximum Gasteiger partial charge on any atom is 0.405 e. The third-order valence-electron chi connectivity index (χ3n) is 5.73. The third kappa shape index (κ3) is 7.45. The van der Waals surface area contributed by atoms with Crippen molar-refractivity contribution in [2.45, 2.75) is 6.54 Å². The van der Waals surface area contributed by atoms with Crippen LogP contribution >= 0.6 is 11.3 Å². The van der Waals surface area contributed by atoms with Crippen LogP contribution in [0.2, 0.25) is 0 Å². The predicted octanol–water partition coefficient (Wildman–Crippen LogP) is 4.47. The van der Waals surface area contributed by atoms with Crippen molar-refractivity contribution in [2.24, 2.45) is 0 Å². The van der Waals surface area contributed by atoms with Gasteiger partial charge in [0.1, 0.15) is 17.4 Å². The lowest BCUT2D eigenvalue weighted by atomic mass is 9.96. The first-order valence-corrected chi connectivity index (χ1v) is 13.1. The van der Waals surface area contributed by atoms with Gasteiger partial charge in [-0.15, -0.1) is 11.3 Å². The molecule has 11 nitrogen and oxygen atoms in total. The number of methoxy groups -OCH3 is 1. The van der Waals surface area contributed by atoms with Gasteiger partial charge in [-0.3, -0.25) is 9.59 Å². The molecule has 0 unspecified atom stereocenters. The topological polar surface area (TPSA) is 163 Å². The lowest BCUT2D eigenvalue weighted by Crippen LogP contribution is -2.35. The van der Waals surface area contributed by atoms with Gasteiger partial charge < -0.3 is 30.5 Å². The number of hydrogen-bond acceptors (Lipinski definition) is 8. The van der Waals surface area contributed by atoms with Crippen LogP contribution in [-0.4, -0.2) is 48.4 Å². The summed E-state index contributed by atoms with van der Waals surface area (Å²) in [4.78, 5) is 40.7. The maximum atomic E-state index is 13.0. The Balaban J connectivity index is 1.76. The Hall–Kier alpha value is -5.25. The number of hydrogen-bond donors (Lipinski definition) is 4. The SMILES string of the molecule is COCOc1ccccc1-c1cc(-c2cccc(CNC(=O)CNC(=O)O)c2)c(C#N)c(NC(=O)c2cccs2)n1. The second kappa shape index (κ2) is 13.7. The minimum Gasteiger partial charge on any atom is -0.467 e. The summed E-state index contributed by atoms with van der Waals surface area (Å²) in [7, 11) is 1.51. The highest BCUT2D eigenvalue weighted by Crippen LogP contribution is 2.36. The molecule has 4 N–H and O–H groups in total. The van der Waals surface area contributed by atoms with E-state index in [-0.39, 0.29) is 31.3 Å². The molecule has 2 aromatic heterocycles. The Labute approximate surface area is 239 Å². The molecule has 0 aliphatic heterocycles. The van der Waals surface area contributed by atoms with Crippen LogP contribution < -0.4 is 20.7 Å². The minimum atomic E-state index is -1.30. The molecule has 2 aromatic carbocycles. The Kier molecular flexibility index (Phi) is 9.61. The molecule has 0 spiro atoms. The molecule has 4 aromatic rings. The molecular formula is C29H25N5O6S. The van der Waals surface area contributed by atoms with E-state index in [4.69, 9.17) is 14.6 Å². The highest BCUT2D eigenvalue weighted by atomic mass is 32.1. The number of nitrogens with zero attached hydrogens (tertiary/aromatic N) is 2. The van der Waals surface area contributed by atoms with E-state index in [1.165, 1.54) is 18.4 Å². The van der Waals surface area contributed by atoms with Crippen LogP contribution in [0.15, 0.2) is 72.1 Å². The zero-order valence-electron chi connectivity index (χ0n) is 21.8. The van der Waals surface area contributed by atoms with Gasteiger partial charge in [0.05, 0.1) is 17.1 Å². The molecule has 0 bridgehead atoms. The molecule has 41 heavy (non-hydrogen) atoms. The summed E-state index contributed by atoms with van der Waals surface area (Å²) >= 11 is 1.26. The van der Waals surface area contributed by atoms with Crippen LogP contribution in [0.4, 0.5) is 10.6 Å². The first-order valence-electron chi connectivity index (χ1n) is 12.2. The number of benzene rings is 2. The van der Waals surface area contributed by atoms with Crippen LogP contribution in [0, 0.1) is 11.3 Å². The van der Waals surface area contributed by atoms with E-state index in [0.29, 0.717) is 38.6 Å². The van der Waals surface area contributed by atoms with Gasteiger partial charge in [-0.25, -0.2) is 9.78 Å². The molecule has 0 aliphatic rings. The first-order chi connectivity index (χ1) is 19.9. The number of carboxylic acid groups (broad SMARTS) is 1. The van der Waals surface area contributed by atoms with Crippen LogP contribution in [0.25, 0.3) is 22.4 Å². The van der Waals surface area contributed by atoms with E-state index in [1.54, 1.807) is 53.9 Å². The molecule has 0 saturated heterocycles. The smallest absolute Gasteiger partial charge is 0.405 e. The number of ether oxygens (including phenoxy) is 2. The van der Waals surface area contributed by atoms with Crippen molar-refractivity contribution < 1.29 is 29.0 Å². The van der Waals surface area contributed by atoms with Gasteiger partial charge in [-0.2, -0.15) is 5.26 Å². The number of rotatable bonds is 11. The van der Waals surface area contributed by atoms with E-state index in [0.717, 1.165) is 0 Å². The Bertz CT molecular complexity index is 1600. The lowest BCUT2D eigenvalue weighted by molar-refractivity contribution is -0.120. The van der Waals surface area contributed by atoms with Gasteiger partial charge in [0.25, 0.3) is 5.91 Å². The number of anilines is 1. The number of para-hydroxylation sites is 1. The van der Waals surface area contributed by atoms with E-state index in [1.807, 2.05) is 23.5 Å². The molecule has 4 rings (SSSR count). The molecular weight excluding hydrogens is 546 g/mol. The molecule has 0 aliphatic carbocycles. The minimum absolute atomic E-state index is 0.0118. The number of nitrogens with one attached hydrogen (secondary N) is 3. The highest BCUT2D eigenvalue weighted by Gasteiger charge is 2.20. The average Bonchev–Trinajstić information content (AvgIpc) is 3.53. The van der Waals surface area contributed by atoms with Crippen molar-refractivity contribution in [2.75, 3.05) is 25.8 Å². The van der Waals surface area contributed by atoms with E-state index < -0.39 is 17.9 Å². The number of aromatic nitrogens is 1. The number of nitriles is 1. The largest absolute Gasteiger partial charge is 0.467 e. The maximum absolute atomic E-state index is 13.0. The quantitative estimate of drug-likeness (QED) is 0.192. The van der Waals surface area contributed by atoms with Crippen LogP contribution in [0.3, 0.4) is 0 Å². The number of pyridine rings is 1. The summed E-state index contributed by atoms with van der Waals surface area (Å²) < 4.78 is 10.8. The van der Waals surface area contributed by atoms with Crippen molar-refractivity contribution in [3.05, 3.63) is 88.1 Å². The summed E-state index contributed by atoms with van der Waals surface area (Å²) in [5.41, 5.74) is 3.08. The van der Waals surface area contributed by atoms with E-state index in [9.17, 15) is 19.6 Å². The number of amides is 3. The molecule has 208 valence electrons. The van der Waals surface area contributed by atoms with Gasteiger partial charge in [-0.05, 0) is 46.8 Å². The van der Waals surface area contributed by atoms with Crippen molar-refractivity contribution in [3.8, 4) is 34.2 Å². The van der Waals surface area contributed by atoms with Crippen LogP contribution in [-0.2, 0) is 16.1 Å². The summed E-state index contributed by atoms with van der Waals surface area (Å²) in [6.07, 6.45) is -1.30. The Morgan fingerprint density at radius 2 is 1.85 bits per heavy atom. The zero-order valence-corrected chi connectivity index (χ0v) is 22.7. The van der Waals surface area contributed by atoms with Crippen LogP contribution in [0.5, 0.6) is 5.75 Å². The van der Waals surface area contributed by atoms with Gasteiger partial charge in [0.2, 0.25) is 5.91 Å². The van der Waals surface area contributed by atoms with Gasteiger partial charge in [0.15, 0.2) is 12.6 Å². The number of carbonyl (C=O) groups is 3. The number of thiophene rings is 1. The highest BCUT2D eigenvalue weighted by molar-refractivity contribution is 7.12. The predicted molar refractivity (Wildman–Crippen MR) is 152 cm³/mol. The normalized spacial score (nSPS) is 10.3. The standard InChI is InChI=1S/C29H25N5O6S/c1-39-17-40-24-9-3-2-8-20(24)23-13-21(22(14-30)27(33-23)34-28(36)25-10-5-11-41-25)19-7-4-6-18(12-19)15-31-26(35)16-32-29(37)38/h2-13,32H,15-17H2,1H3,(H,31,35)(H,37,38)(H,33,34,36). The molecule has 3 amide bonds. The monoisotopic (exact) mass is 571 g/mol. The van der Waals surface area contributed by atoms with Crippen LogP contribution in [0.1, 0.15) is 20.8 Å². The molecule has 2 heterocycles. The molecule has 0 radical (unpaired) electrons. The van der Waals surface area contributed by atoms with E-state index in [2.05, 4.69) is 21.7 Å². The average molecular weight is 572 g/mol. The summed E-state index contributed by atoms with van der Waals surface area (Å²) in [5, 5.41) is 28.1. The van der Waals surface area contributed by atoms with Gasteiger partial charge >= 0.3 is 6.09 Å².